The molecular weight excluding hydrogens is 135 g/mol. The molecule has 0 atom stereocenters. The van der Waals surface area contributed by atoms with Crippen LogP contribution in [0.4, 0.5) is 13.3 Å². The summed E-state index contributed by atoms with van der Waals surface area (Å²) in [7, 11) is 0. The average Bonchev–Trinajstić information content (AvgIpc) is 1.84. The Hall–Kier alpha value is -1.38. The number of hydrogen-bond acceptors (Lipinski definition) is 3. The summed E-state index contributed by atoms with van der Waals surface area (Å²) < 4.78 is 34.5. The zero-order valence-electron chi connectivity index (χ0n) is 4.11. The maximum Gasteiger partial charge on any atom is 0.285 e. The van der Waals surface area contributed by atoms with Crippen molar-refractivity contribution in [2.24, 2.45) is 5.73 Å². The van der Waals surface area contributed by atoms with E-state index >= 15 is 0 Å². The standard InChI is InChI=1S/C3H2F3N3/c4-2(8)3(5)9(6)1-7/h8H2/b3-2+. The fraction of sp³-hybridized carbons (Fsp3) is 0. The van der Waals surface area contributed by atoms with Crippen LogP contribution in [-0.4, -0.2) is 5.12 Å². The summed E-state index contributed by atoms with van der Waals surface area (Å²) in [5.41, 5.74) is 4.12. The highest BCUT2D eigenvalue weighted by molar-refractivity contribution is 4.95. The van der Waals surface area contributed by atoms with Gasteiger partial charge in [0.2, 0.25) is 12.1 Å². The van der Waals surface area contributed by atoms with Crippen molar-refractivity contribution in [2.75, 3.05) is 0 Å². The molecule has 0 aliphatic heterocycles. The second-order valence-corrected chi connectivity index (χ2v) is 1.02. The lowest BCUT2D eigenvalue weighted by molar-refractivity contribution is 0.103. The van der Waals surface area contributed by atoms with Gasteiger partial charge in [-0.05, 0) is 0 Å². The second kappa shape index (κ2) is 2.81. The Bertz CT molecular complexity index is 166. The van der Waals surface area contributed by atoms with Gasteiger partial charge in [0, 0.05) is 0 Å². The molecule has 50 valence electrons. The molecule has 0 rings (SSSR count). The minimum Gasteiger partial charge on any atom is -0.372 e. The van der Waals surface area contributed by atoms with Crippen LogP contribution in [0.1, 0.15) is 0 Å². The maximum atomic E-state index is 11.6. The lowest BCUT2D eigenvalue weighted by Gasteiger charge is -1.96. The summed E-state index contributed by atoms with van der Waals surface area (Å²) in [6.07, 6.45) is 0.660. The first-order valence-electron chi connectivity index (χ1n) is 1.76. The van der Waals surface area contributed by atoms with Gasteiger partial charge in [0.05, 0.1) is 0 Å². The second-order valence-electron chi connectivity index (χ2n) is 1.02. The predicted octanol–water partition coefficient (Wildman–Crippen LogP) is 0.678. The third-order valence-electron chi connectivity index (χ3n) is 0.457. The van der Waals surface area contributed by atoms with Crippen LogP contribution >= 0.6 is 0 Å². The lowest BCUT2D eigenvalue weighted by Crippen LogP contribution is -2.06. The van der Waals surface area contributed by atoms with Crippen molar-refractivity contribution in [3.05, 3.63) is 11.9 Å². The fourth-order valence-electron chi connectivity index (χ4n) is 0.138. The van der Waals surface area contributed by atoms with Gasteiger partial charge in [-0.15, -0.1) is 0 Å². The Balaban J connectivity index is 4.25. The summed E-state index contributed by atoms with van der Waals surface area (Å²) in [6, 6.07) is 0. The number of nitrogens with zero attached hydrogens (tertiary/aromatic N) is 2. The topological polar surface area (TPSA) is 53.0 Å². The van der Waals surface area contributed by atoms with E-state index in [2.05, 4.69) is 5.73 Å². The first-order chi connectivity index (χ1) is 4.09. The van der Waals surface area contributed by atoms with E-state index in [1.54, 1.807) is 0 Å². The Morgan fingerprint density at radius 2 is 2.00 bits per heavy atom. The molecule has 0 aromatic carbocycles. The van der Waals surface area contributed by atoms with Gasteiger partial charge >= 0.3 is 0 Å². The third kappa shape index (κ3) is 1.90. The summed E-state index contributed by atoms with van der Waals surface area (Å²) in [5.74, 6) is -3.89. The van der Waals surface area contributed by atoms with Gasteiger partial charge in [-0.2, -0.15) is 14.0 Å². The number of nitriles is 1. The first-order valence-corrected chi connectivity index (χ1v) is 1.76. The fourth-order valence-corrected chi connectivity index (χ4v) is 0.138. The van der Waals surface area contributed by atoms with Crippen molar-refractivity contribution in [3.8, 4) is 6.19 Å². The molecular formula is C3H2F3N3. The number of nitrogens with two attached hydrogens (primary N) is 1. The van der Waals surface area contributed by atoms with Gasteiger partial charge in [0.25, 0.3) is 5.95 Å². The summed E-state index contributed by atoms with van der Waals surface area (Å²) >= 11 is 0. The van der Waals surface area contributed by atoms with E-state index in [0.717, 1.165) is 0 Å². The van der Waals surface area contributed by atoms with E-state index in [1.807, 2.05) is 0 Å². The van der Waals surface area contributed by atoms with Gasteiger partial charge in [0.1, 0.15) is 0 Å². The normalized spacial score (nSPS) is 11.8. The summed E-state index contributed by atoms with van der Waals surface area (Å²) in [4.78, 5) is 0. The maximum absolute atomic E-state index is 11.6. The molecule has 0 unspecified atom stereocenters. The minimum atomic E-state index is -2.03. The van der Waals surface area contributed by atoms with Crippen LogP contribution in [0.5, 0.6) is 0 Å². The molecule has 6 heteroatoms. The van der Waals surface area contributed by atoms with Gasteiger partial charge < -0.3 is 5.73 Å². The first kappa shape index (κ1) is 7.62. The molecule has 3 nitrogen and oxygen atoms in total. The molecule has 0 aromatic heterocycles. The van der Waals surface area contributed by atoms with Crippen molar-refractivity contribution in [2.45, 2.75) is 0 Å². The van der Waals surface area contributed by atoms with Crippen molar-refractivity contribution in [1.29, 1.82) is 5.26 Å². The number of halogens is 3. The van der Waals surface area contributed by atoms with Gasteiger partial charge in [0.15, 0.2) is 0 Å². The van der Waals surface area contributed by atoms with E-state index < -0.39 is 17.0 Å². The highest BCUT2D eigenvalue weighted by atomic mass is 19.2. The third-order valence-corrected chi connectivity index (χ3v) is 0.457. The zero-order valence-corrected chi connectivity index (χ0v) is 4.11. The smallest absolute Gasteiger partial charge is 0.285 e. The highest BCUT2D eigenvalue weighted by Gasteiger charge is 2.10. The molecule has 9 heavy (non-hydrogen) atoms. The molecule has 0 fully saturated rings. The molecule has 0 spiro atoms. The van der Waals surface area contributed by atoms with Crippen LogP contribution in [-0.2, 0) is 0 Å². The molecule has 2 N–H and O–H groups in total. The van der Waals surface area contributed by atoms with E-state index in [0.29, 0.717) is 6.19 Å². The molecule has 0 aliphatic carbocycles. The summed E-state index contributed by atoms with van der Waals surface area (Å²) in [5, 5.41) is 6.44. The predicted molar refractivity (Wildman–Crippen MR) is 22.0 cm³/mol. The van der Waals surface area contributed by atoms with Crippen LogP contribution in [0.25, 0.3) is 0 Å². The van der Waals surface area contributed by atoms with E-state index in [1.165, 1.54) is 0 Å². The van der Waals surface area contributed by atoms with Crippen molar-refractivity contribution in [3.63, 3.8) is 0 Å². The van der Waals surface area contributed by atoms with Crippen LogP contribution in [0.2, 0.25) is 0 Å². The SMILES string of the molecule is N#CN(F)/C(F)=C(/N)F. The average molecular weight is 137 g/mol. The summed E-state index contributed by atoms with van der Waals surface area (Å²) in [6.45, 7) is 0. The molecule has 0 heterocycles. The van der Waals surface area contributed by atoms with Gasteiger partial charge in [-0.25, -0.2) is 0 Å². The van der Waals surface area contributed by atoms with Crippen LogP contribution < -0.4 is 5.73 Å². The minimum absolute atomic E-state index is 0.660. The Morgan fingerprint density at radius 1 is 1.56 bits per heavy atom. The van der Waals surface area contributed by atoms with Crippen molar-refractivity contribution >= 4 is 0 Å². The van der Waals surface area contributed by atoms with E-state index in [9.17, 15) is 13.3 Å². The quantitative estimate of drug-likeness (QED) is 0.250. The molecule has 0 radical (unpaired) electrons. The van der Waals surface area contributed by atoms with Crippen LogP contribution in [0.3, 0.4) is 0 Å². The van der Waals surface area contributed by atoms with Gasteiger partial charge in [-0.1, -0.05) is 9.60 Å². The molecule has 0 aromatic rings. The largest absolute Gasteiger partial charge is 0.372 e. The molecule has 0 saturated carbocycles. The van der Waals surface area contributed by atoms with Crippen molar-refractivity contribution < 1.29 is 13.3 Å². The zero-order chi connectivity index (χ0) is 7.44. The lowest BCUT2D eigenvalue weighted by atomic mass is 10.8. The Labute approximate surface area is 48.7 Å². The van der Waals surface area contributed by atoms with E-state index in [4.69, 9.17) is 5.26 Å². The monoisotopic (exact) mass is 137 g/mol. The van der Waals surface area contributed by atoms with Crippen LogP contribution in [0.15, 0.2) is 11.9 Å². The van der Waals surface area contributed by atoms with E-state index in [-0.39, 0.29) is 0 Å². The van der Waals surface area contributed by atoms with Gasteiger partial charge in [-0.3, -0.25) is 0 Å². The number of rotatable bonds is 1. The number of hydrogen-bond donors (Lipinski definition) is 1. The molecule has 0 amide bonds. The van der Waals surface area contributed by atoms with Crippen LogP contribution in [0, 0.1) is 11.5 Å². The Morgan fingerprint density at radius 3 is 2.11 bits per heavy atom. The Kier molecular flexibility index (Phi) is 2.38. The highest BCUT2D eigenvalue weighted by Crippen LogP contribution is 2.07. The van der Waals surface area contributed by atoms with Crippen molar-refractivity contribution in [1.82, 2.24) is 5.12 Å². The molecule has 0 saturated heterocycles. The molecule has 0 bridgehead atoms. The molecule has 0 aliphatic rings.